The van der Waals surface area contributed by atoms with Gasteiger partial charge in [0.15, 0.2) is 5.88 Å². The van der Waals surface area contributed by atoms with Gasteiger partial charge >= 0.3 is 0 Å². The van der Waals surface area contributed by atoms with E-state index in [0.717, 1.165) is 37.8 Å². The molecule has 0 saturated carbocycles. The smallest absolute Gasteiger partial charge is 0.264 e. The third-order valence-electron chi connectivity index (χ3n) is 5.26. The van der Waals surface area contributed by atoms with Crippen molar-refractivity contribution >= 4 is 23.6 Å². The summed E-state index contributed by atoms with van der Waals surface area (Å²) in [7, 11) is 0. The molecule has 0 aliphatic carbocycles. The summed E-state index contributed by atoms with van der Waals surface area (Å²) in [4.78, 5) is 18.9. The number of hydrogen-bond acceptors (Lipinski definition) is 6. The van der Waals surface area contributed by atoms with Gasteiger partial charge in [-0.25, -0.2) is 0 Å². The molecule has 0 bridgehead atoms. The highest BCUT2D eigenvalue weighted by atomic mass is 16.5. The number of nitrogens with zero attached hydrogens (tertiary/aromatic N) is 4. The van der Waals surface area contributed by atoms with Crippen LogP contribution in [-0.2, 0) is 9.53 Å². The minimum atomic E-state index is -0.246. The van der Waals surface area contributed by atoms with Gasteiger partial charge in [0.2, 0.25) is 0 Å². The third kappa shape index (κ3) is 4.44. The first-order valence-electron chi connectivity index (χ1n) is 9.88. The van der Waals surface area contributed by atoms with Gasteiger partial charge in [-0.2, -0.15) is 5.26 Å². The van der Waals surface area contributed by atoms with Crippen molar-refractivity contribution in [2.24, 2.45) is 0 Å². The Morgan fingerprint density at radius 3 is 2.34 bits per heavy atom. The van der Waals surface area contributed by atoms with Crippen LogP contribution in [0.15, 0.2) is 52.5 Å². The number of carbonyl (C=O) groups excluding carboxylic acids is 1. The molecular formula is C22H24N4O3. The third-order valence-corrected chi connectivity index (χ3v) is 5.26. The van der Waals surface area contributed by atoms with Crippen LogP contribution in [0.5, 0.6) is 0 Å². The van der Waals surface area contributed by atoms with Gasteiger partial charge < -0.3 is 23.9 Å². The van der Waals surface area contributed by atoms with E-state index in [1.807, 2.05) is 30.3 Å². The summed E-state index contributed by atoms with van der Waals surface area (Å²) in [5.74, 6) is 1.00. The maximum absolute atomic E-state index is 12.8. The number of ether oxygens (including phenoxy) is 1. The molecule has 0 atom stereocenters. The van der Waals surface area contributed by atoms with Crippen LogP contribution in [0.2, 0.25) is 0 Å². The van der Waals surface area contributed by atoms with Crippen LogP contribution in [-0.4, -0.2) is 63.3 Å². The lowest BCUT2D eigenvalue weighted by molar-refractivity contribution is -0.126. The number of piperazine rings is 1. The highest BCUT2D eigenvalue weighted by Gasteiger charge is 2.24. The molecule has 150 valence electrons. The zero-order chi connectivity index (χ0) is 20.1. The Morgan fingerprint density at radius 2 is 1.66 bits per heavy atom. The van der Waals surface area contributed by atoms with Crippen molar-refractivity contribution in [1.82, 2.24) is 4.90 Å². The van der Waals surface area contributed by atoms with Crippen molar-refractivity contribution in [3.05, 3.63) is 53.8 Å². The highest BCUT2D eigenvalue weighted by molar-refractivity contribution is 6.01. The van der Waals surface area contributed by atoms with Crippen LogP contribution in [0, 0.1) is 11.3 Å². The normalized spacial score (nSPS) is 17.9. The molecule has 1 aromatic heterocycles. The molecule has 3 heterocycles. The van der Waals surface area contributed by atoms with Crippen LogP contribution in [0.25, 0.3) is 6.08 Å². The molecule has 29 heavy (non-hydrogen) atoms. The molecule has 2 saturated heterocycles. The summed E-state index contributed by atoms with van der Waals surface area (Å²) in [5, 5.41) is 9.53. The highest BCUT2D eigenvalue weighted by Crippen LogP contribution is 2.22. The molecule has 2 aromatic rings. The van der Waals surface area contributed by atoms with E-state index in [1.165, 1.54) is 6.08 Å². The average Bonchev–Trinajstić information content (AvgIpc) is 3.27. The van der Waals surface area contributed by atoms with E-state index in [9.17, 15) is 10.1 Å². The number of hydrogen-bond donors (Lipinski definition) is 0. The fraction of sp³-hybridized carbons (Fsp3) is 0.364. The Bertz CT molecular complexity index is 902. The van der Waals surface area contributed by atoms with Gasteiger partial charge in [0, 0.05) is 57.1 Å². The van der Waals surface area contributed by atoms with Crippen molar-refractivity contribution in [3.8, 4) is 6.07 Å². The summed E-state index contributed by atoms with van der Waals surface area (Å²) in [6.45, 7) is 5.55. The van der Waals surface area contributed by atoms with Crippen molar-refractivity contribution < 1.29 is 13.9 Å². The Morgan fingerprint density at radius 1 is 0.931 bits per heavy atom. The van der Waals surface area contributed by atoms with Crippen LogP contribution < -0.4 is 9.80 Å². The second-order valence-electron chi connectivity index (χ2n) is 7.06. The summed E-state index contributed by atoms with van der Waals surface area (Å²) in [6, 6.07) is 15.9. The molecule has 7 nitrogen and oxygen atoms in total. The van der Waals surface area contributed by atoms with Gasteiger partial charge in [-0.05, 0) is 18.2 Å². The van der Waals surface area contributed by atoms with E-state index >= 15 is 0 Å². The summed E-state index contributed by atoms with van der Waals surface area (Å²) >= 11 is 0. The molecule has 2 aliphatic rings. The van der Waals surface area contributed by atoms with Gasteiger partial charge in [0.1, 0.15) is 17.4 Å². The first-order chi connectivity index (χ1) is 14.2. The van der Waals surface area contributed by atoms with Crippen molar-refractivity contribution in [2.75, 3.05) is 62.3 Å². The van der Waals surface area contributed by atoms with Gasteiger partial charge in [-0.15, -0.1) is 0 Å². The maximum Gasteiger partial charge on any atom is 0.264 e. The Balaban J connectivity index is 1.40. The molecule has 0 spiro atoms. The number of nitriles is 1. The van der Waals surface area contributed by atoms with E-state index in [1.54, 1.807) is 11.0 Å². The van der Waals surface area contributed by atoms with Gasteiger partial charge in [0.25, 0.3) is 5.91 Å². The molecule has 2 fully saturated rings. The summed E-state index contributed by atoms with van der Waals surface area (Å²) < 4.78 is 11.2. The summed E-state index contributed by atoms with van der Waals surface area (Å²) in [6.07, 6.45) is 1.54. The molecule has 0 unspecified atom stereocenters. The number of benzene rings is 1. The van der Waals surface area contributed by atoms with E-state index in [-0.39, 0.29) is 11.5 Å². The van der Waals surface area contributed by atoms with Gasteiger partial charge in [-0.1, -0.05) is 18.2 Å². The van der Waals surface area contributed by atoms with E-state index in [2.05, 4.69) is 21.9 Å². The SMILES string of the molecule is N#C/C(=C\c1ccc(N2CCOCC2)o1)C(=O)N1CCN(c2ccccc2)CC1. The standard InChI is InChI=1S/C22H24N4O3/c23-17-18(16-20-6-7-21(29-20)25-12-14-28-15-13-25)22(27)26-10-8-24(9-11-26)19-4-2-1-3-5-19/h1-7,16H,8-15H2/b18-16+. The molecule has 1 aromatic carbocycles. The summed E-state index contributed by atoms with van der Waals surface area (Å²) in [5.41, 5.74) is 1.25. The van der Waals surface area contributed by atoms with Crippen molar-refractivity contribution in [1.29, 1.82) is 5.26 Å². The fourth-order valence-electron chi connectivity index (χ4n) is 3.63. The quantitative estimate of drug-likeness (QED) is 0.588. The molecule has 0 radical (unpaired) electrons. The molecule has 4 rings (SSSR count). The van der Waals surface area contributed by atoms with Crippen LogP contribution in [0.4, 0.5) is 11.6 Å². The Labute approximate surface area is 170 Å². The second kappa shape index (κ2) is 8.84. The Hall–Kier alpha value is -3.24. The number of morpholine rings is 1. The molecule has 0 N–H and O–H groups in total. The number of carbonyl (C=O) groups is 1. The average molecular weight is 392 g/mol. The molecule has 2 aliphatic heterocycles. The van der Waals surface area contributed by atoms with Crippen molar-refractivity contribution in [2.45, 2.75) is 0 Å². The molecule has 1 amide bonds. The number of amides is 1. The Kier molecular flexibility index (Phi) is 5.82. The topological polar surface area (TPSA) is 72.9 Å². The number of furan rings is 1. The van der Waals surface area contributed by atoms with E-state index in [0.29, 0.717) is 32.1 Å². The maximum atomic E-state index is 12.8. The number of rotatable bonds is 4. The zero-order valence-electron chi connectivity index (χ0n) is 16.3. The molecule has 7 heteroatoms. The predicted molar refractivity (Wildman–Crippen MR) is 111 cm³/mol. The number of anilines is 2. The first kappa shape index (κ1) is 19.1. The minimum absolute atomic E-state index is 0.0982. The van der Waals surface area contributed by atoms with E-state index < -0.39 is 0 Å². The van der Waals surface area contributed by atoms with Crippen molar-refractivity contribution in [3.63, 3.8) is 0 Å². The lowest BCUT2D eigenvalue weighted by Gasteiger charge is -2.36. The fourth-order valence-corrected chi connectivity index (χ4v) is 3.63. The predicted octanol–water partition coefficient (Wildman–Crippen LogP) is 2.37. The van der Waals surface area contributed by atoms with Gasteiger partial charge in [-0.3, -0.25) is 4.79 Å². The number of para-hydroxylation sites is 1. The molecular weight excluding hydrogens is 368 g/mol. The monoisotopic (exact) mass is 392 g/mol. The minimum Gasteiger partial charge on any atom is -0.441 e. The van der Waals surface area contributed by atoms with E-state index in [4.69, 9.17) is 9.15 Å². The second-order valence-corrected chi connectivity index (χ2v) is 7.06. The lowest BCUT2D eigenvalue weighted by Crippen LogP contribution is -2.49. The van der Waals surface area contributed by atoms with Crippen LogP contribution in [0.3, 0.4) is 0 Å². The lowest BCUT2D eigenvalue weighted by atomic mass is 10.2. The first-order valence-corrected chi connectivity index (χ1v) is 9.88. The van der Waals surface area contributed by atoms with Crippen LogP contribution >= 0.6 is 0 Å². The largest absolute Gasteiger partial charge is 0.441 e. The van der Waals surface area contributed by atoms with Crippen LogP contribution in [0.1, 0.15) is 5.76 Å². The van der Waals surface area contributed by atoms with Gasteiger partial charge in [0.05, 0.1) is 13.2 Å². The zero-order valence-corrected chi connectivity index (χ0v) is 16.3.